The lowest BCUT2D eigenvalue weighted by molar-refractivity contribution is -0.0179. The van der Waals surface area contributed by atoms with Gasteiger partial charge < -0.3 is 14.4 Å². The molecule has 25 heavy (non-hydrogen) atoms. The zero-order valence-corrected chi connectivity index (χ0v) is 14.9. The number of aromatic nitrogens is 2. The number of nitrogens with zero attached hydrogens (tertiary/aromatic N) is 3. The van der Waals surface area contributed by atoms with Gasteiger partial charge in [-0.1, -0.05) is 0 Å². The van der Waals surface area contributed by atoms with Crippen LogP contribution in [0.15, 0.2) is 18.3 Å². The number of fused-ring (bicyclic) bond motifs is 1. The fourth-order valence-electron chi connectivity index (χ4n) is 3.28. The summed E-state index contributed by atoms with van der Waals surface area (Å²) in [5.41, 5.74) is 0.869. The summed E-state index contributed by atoms with van der Waals surface area (Å²) in [7, 11) is 1.39. The number of nitrogens with one attached hydrogen (secondary N) is 1. The van der Waals surface area contributed by atoms with Crippen molar-refractivity contribution < 1.29 is 14.3 Å². The van der Waals surface area contributed by atoms with E-state index in [0.717, 1.165) is 10.9 Å². The summed E-state index contributed by atoms with van der Waals surface area (Å²) >= 11 is 0. The van der Waals surface area contributed by atoms with Crippen LogP contribution in [0, 0.1) is 11.3 Å². The van der Waals surface area contributed by atoms with Crippen molar-refractivity contribution in [1.82, 2.24) is 15.1 Å². The fourth-order valence-corrected chi connectivity index (χ4v) is 3.28. The van der Waals surface area contributed by atoms with Crippen molar-refractivity contribution in [3.63, 3.8) is 0 Å². The Morgan fingerprint density at radius 3 is 2.72 bits per heavy atom. The van der Waals surface area contributed by atoms with Crippen LogP contribution in [0.5, 0.6) is 5.75 Å². The lowest BCUT2D eigenvalue weighted by Gasteiger charge is -2.47. The van der Waals surface area contributed by atoms with Crippen molar-refractivity contribution >= 4 is 17.0 Å². The van der Waals surface area contributed by atoms with Crippen LogP contribution in [-0.2, 0) is 4.74 Å². The molecule has 0 radical (unpaired) electrons. The van der Waals surface area contributed by atoms with Crippen molar-refractivity contribution in [2.45, 2.75) is 51.3 Å². The normalized spacial score (nSPS) is 19.8. The topological polar surface area (TPSA) is 91.2 Å². The fraction of sp³-hybridized carbons (Fsp3) is 0.500. The van der Waals surface area contributed by atoms with Crippen LogP contribution in [0.25, 0.3) is 10.9 Å². The maximum atomic E-state index is 12.1. The SMILES string of the molecule is COC(=O)N(C1CC(Oc2c(C#N)ccc3cn[nH]c23)C1)C(C)(C)C. The van der Waals surface area contributed by atoms with Gasteiger partial charge in [0.05, 0.1) is 18.9 Å². The molecule has 1 heterocycles. The first kappa shape index (κ1) is 17.1. The summed E-state index contributed by atoms with van der Waals surface area (Å²) in [5.74, 6) is 0.529. The van der Waals surface area contributed by atoms with Gasteiger partial charge >= 0.3 is 6.09 Å². The molecule has 1 aromatic carbocycles. The van der Waals surface area contributed by atoms with Gasteiger partial charge in [0.1, 0.15) is 17.7 Å². The number of methoxy groups -OCH3 is 1. The maximum Gasteiger partial charge on any atom is 0.410 e. The molecule has 132 valence electrons. The molecule has 1 aliphatic rings. The van der Waals surface area contributed by atoms with Gasteiger partial charge in [-0.05, 0) is 32.9 Å². The summed E-state index contributed by atoms with van der Waals surface area (Å²) in [6.07, 6.45) is 2.71. The van der Waals surface area contributed by atoms with E-state index in [-0.39, 0.29) is 23.8 Å². The Hall–Kier alpha value is -2.75. The maximum absolute atomic E-state index is 12.1. The molecule has 1 N–H and O–H groups in total. The van der Waals surface area contributed by atoms with E-state index in [0.29, 0.717) is 24.2 Å². The molecule has 1 saturated carbocycles. The molecule has 1 aliphatic carbocycles. The molecular weight excluding hydrogens is 320 g/mol. The molecule has 1 aromatic heterocycles. The third kappa shape index (κ3) is 3.12. The van der Waals surface area contributed by atoms with Crippen LogP contribution in [-0.4, -0.2) is 46.0 Å². The second-order valence-corrected chi connectivity index (χ2v) is 7.26. The molecule has 1 amide bonds. The van der Waals surface area contributed by atoms with Crippen LogP contribution in [0.2, 0.25) is 0 Å². The summed E-state index contributed by atoms with van der Waals surface area (Å²) in [6, 6.07) is 5.79. The molecule has 0 unspecified atom stereocenters. The second kappa shape index (κ2) is 6.28. The van der Waals surface area contributed by atoms with Gasteiger partial charge in [0.15, 0.2) is 5.75 Å². The smallest absolute Gasteiger partial charge is 0.410 e. The van der Waals surface area contributed by atoms with Crippen LogP contribution >= 0.6 is 0 Å². The third-order valence-corrected chi connectivity index (χ3v) is 4.50. The van der Waals surface area contributed by atoms with Crippen molar-refractivity contribution in [1.29, 1.82) is 5.26 Å². The molecule has 3 rings (SSSR count). The number of hydrogen-bond donors (Lipinski definition) is 1. The minimum absolute atomic E-state index is 0.0551. The molecule has 1 fully saturated rings. The van der Waals surface area contributed by atoms with Crippen LogP contribution < -0.4 is 4.74 Å². The predicted octanol–water partition coefficient (Wildman–Crippen LogP) is 3.21. The van der Waals surface area contributed by atoms with E-state index in [1.54, 1.807) is 17.2 Å². The zero-order valence-electron chi connectivity index (χ0n) is 14.9. The van der Waals surface area contributed by atoms with E-state index >= 15 is 0 Å². The standard InChI is InChI=1S/C18H22N4O3/c1-18(2,3)22(17(23)24-4)13-7-14(8-13)25-16-11(9-19)5-6-12-10-20-21-15(12)16/h5-6,10,13-14H,7-8H2,1-4H3,(H,20,21). The number of hydrogen-bond acceptors (Lipinski definition) is 5. The highest BCUT2D eigenvalue weighted by Crippen LogP contribution is 2.37. The van der Waals surface area contributed by atoms with E-state index in [2.05, 4.69) is 16.3 Å². The molecule has 0 spiro atoms. The number of aromatic amines is 1. The summed E-state index contributed by atoms with van der Waals surface area (Å²) in [5, 5.41) is 17.1. The molecular formula is C18H22N4O3. The first-order chi connectivity index (χ1) is 11.8. The number of rotatable bonds is 3. The van der Waals surface area contributed by atoms with E-state index in [1.165, 1.54) is 7.11 Å². The lowest BCUT2D eigenvalue weighted by Crippen LogP contribution is -2.58. The number of H-pyrrole nitrogens is 1. The second-order valence-electron chi connectivity index (χ2n) is 7.26. The van der Waals surface area contributed by atoms with Gasteiger partial charge in [-0.3, -0.25) is 5.10 Å². The number of benzene rings is 1. The number of amides is 1. The van der Waals surface area contributed by atoms with Gasteiger partial charge in [0.2, 0.25) is 0 Å². The van der Waals surface area contributed by atoms with Crippen LogP contribution in [0.4, 0.5) is 4.79 Å². The molecule has 7 nitrogen and oxygen atoms in total. The Bertz CT molecular complexity index is 825. The largest absolute Gasteiger partial charge is 0.487 e. The van der Waals surface area contributed by atoms with E-state index in [9.17, 15) is 10.1 Å². The highest BCUT2D eigenvalue weighted by Gasteiger charge is 2.43. The molecule has 0 bridgehead atoms. The Morgan fingerprint density at radius 1 is 1.40 bits per heavy atom. The number of ether oxygens (including phenoxy) is 2. The van der Waals surface area contributed by atoms with E-state index in [1.807, 2.05) is 26.8 Å². The van der Waals surface area contributed by atoms with E-state index < -0.39 is 0 Å². The first-order valence-electron chi connectivity index (χ1n) is 8.25. The molecule has 0 atom stereocenters. The van der Waals surface area contributed by atoms with Gasteiger partial charge in [0.25, 0.3) is 0 Å². The average Bonchev–Trinajstić information content (AvgIpc) is 2.99. The van der Waals surface area contributed by atoms with Gasteiger partial charge in [-0.2, -0.15) is 10.4 Å². The molecule has 0 aliphatic heterocycles. The Kier molecular flexibility index (Phi) is 4.29. The Labute approximate surface area is 146 Å². The van der Waals surface area contributed by atoms with Gasteiger partial charge in [-0.15, -0.1) is 0 Å². The first-order valence-corrected chi connectivity index (χ1v) is 8.25. The lowest BCUT2D eigenvalue weighted by atomic mass is 9.85. The van der Waals surface area contributed by atoms with Crippen molar-refractivity contribution in [3.8, 4) is 11.8 Å². The predicted molar refractivity (Wildman–Crippen MR) is 92.2 cm³/mol. The highest BCUT2D eigenvalue weighted by molar-refractivity contribution is 5.86. The number of carbonyl (C=O) groups excluding carboxylic acids is 1. The molecule has 2 aromatic rings. The highest BCUT2D eigenvalue weighted by atomic mass is 16.5. The number of nitriles is 1. The van der Waals surface area contributed by atoms with Gasteiger partial charge in [-0.25, -0.2) is 4.79 Å². The van der Waals surface area contributed by atoms with Crippen LogP contribution in [0.1, 0.15) is 39.2 Å². The van der Waals surface area contributed by atoms with Crippen molar-refractivity contribution in [3.05, 3.63) is 23.9 Å². The minimum atomic E-state index is -0.329. The quantitative estimate of drug-likeness (QED) is 0.925. The van der Waals surface area contributed by atoms with Crippen molar-refractivity contribution in [2.24, 2.45) is 0 Å². The van der Waals surface area contributed by atoms with Crippen molar-refractivity contribution in [2.75, 3.05) is 7.11 Å². The zero-order chi connectivity index (χ0) is 18.2. The van der Waals surface area contributed by atoms with E-state index in [4.69, 9.17) is 9.47 Å². The Morgan fingerprint density at radius 2 is 2.12 bits per heavy atom. The van der Waals surface area contributed by atoms with Gasteiger partial charge in [0, 0.05) is 29.8 Å². The van der Waals surface area contributed by atoms with Crippen LogP contribution in [0.3, 0.4) is 0 Å². The average molecular weight is 342 g/mol. The number of carbonyl (C=O) groups is 1. The summed E-state index contributed by atoms with van der Waals surface area (Å²) in [6.45, 7) is 5.95. The molecule has 7 heteroatoms. The Balaban J connectivity index is 1.75. The molecule has 0 saturated heterocycles. The third-order valence-electron chi connectivity index (χ3n) is 4.50. The summed E-state index contributed by atoms with van der Waals surface area (Å²) in [4.78, 5) is 13.9. The minimum Gasteiger partial charge on any atom is -0.487 e. The monoisotopic (exact) mass is 342 g/mol. The summed E-state index contributed by atoms with van der Waals surface area (Å²) < 4.78 is 11.0.